The van der Waals surface area contributed by atoms with Gasteiger partial charge in [0, 0.05) is 0 Å². The first kappa shape index (κ1) is 12.5. The highest BCUT2D eigenvalue weighted by Gasteiger charge is 2.25. The lowest BCUT2D eigenvalue weighted by Gasteiger charge is -2.28. The molecular weight excluding hydrogens is 196 g/mol. The SMILES string of the molecule is CC[Si](CC)(CC)CCc1ccccc1. The normalized spacial score (nSPS) is 11.7. The fourth-order valence-corrected chi connectivity index (χ4v) is 5.71. The summed E-state index contributed by atoms with van der Waals surface area (Å²) in [7, 11) is -0.900. The zero-order chi connectivity index (χ0) is 11.1. The molecule has 0 unspecified atom stereocenters. The summed E-state index contributed by atoms with van der Waals surface area (Å²) in [6, 6.07) is 16.8. The van der Waals surface area contributed by atoms with Gasteiger partial charge in [0.1, 0.15) is 0 Å². The number of hydrogen-bond acceptors (Lipinski definition) is 0. The van der Waals surface area contributed by atoms with Crippen LogP contribution in [-0.4, -0.2) is 8.07 Å². The second-order valence-electron chi connectivity index (χ2n) is 4.55. The monoisotopic (exact) mass is 220 g/mol. The van der Waals surface area contributed by atoms with Crippen LogP contribution in [0.25, 0.3) is 0 Å². The molecule has 0 atom stereocenters. The van der Waals surface area contributed by atoms with Gasteiger partial charge < -0.3 is 0 Å². The summed E-state index contributed by atoms with van der Waals surface area (Å²) >= 11 is 0. The van der Waals surface area contributed by atoms with Crippen LogP contribution in [0.15, 0.2) is 30.3 Å². The van der Waals surface area contributed by atoms with E-state index in [0.29, 0.717) is 0 Å². The Morgan fingerprint density at radius 2 is 1.40 bits per heavy atom. The zero-order valence-electron chi connectivity index (χ0n) is 10.4. The van der Waals surface area contributed by atoms with Crippen molar-refractivity contribution in [3.05, 3.63) is 35.9 Å². The molecule has 0 aromatic heterocycles. The minimum absolute atomic E-state index is 0.900. The van der Waals surface area contributed by atoms with Gasteiger partial charge in [-0.1, -0.05) is 75.3 Å². The third-order valence-electron chi connectivity index (χ3n) is 4.04. The minimum atomic E-state index is -0.900. The molecule has 0 heterocycles. The molecule has 0 aliphatic rings. The van der Waals surface area contributed by atoms with E-state index in [1.54, 1.807) is 0 Å². The van der Waals surface area contributed by atoms with Crippen LogP contribution < -0.4 is 0 Å². The van der Waals surface area contributed by atoms with Crippen LogP contribution in [0.1, 0.15) is 26.3 Å². The van der Waals surface area contributed by atoms with E-state index >= 15 is 0 Å². The summed E-state index contributed by atoms with van der Waals surface area (Å²) < 4.78 is 0. The number of rotatable bonds is 6. The topological polar surface area (TPSA) is 0 Å². The van der Waals surface area contributed by atoms with Crippen LogP contribution in [-0.2, 0) is 6.42 Å². The molecule has 1 aromatic rings. The van der Waals surface area contributed by atoms with E-state index in [0.717, 1.165) is 0 Å². The Morgan fingerprint density at radius 1 is 0.867 bits per heavy atom. The van der Waals surface area contributed by atoms with E-state index in [4.69, 9.17) is 0 Å². The predicted octanol–water partition coefficient (Wildman–Crippen LogP) is 4.74. The van der Waals surface area contributed by atoms with Crippen molar-refractivity contribution in [1.29, 1.82) is 0 Å². The first-order valence-electron chi connectivity index (χ1n) is 6.30. The summed E-state index contributed by atoms with van der Waals surface area (Å²) in [5, 5.41) is 0. The second kappa shape index (κ2) is 6.11. The minimum Gasteiger partial charge on any atom is -0.0678 e. The summed E-state index contributed by atoms with van der Waals surface area (Å²) in [4.78, 5) is 0. The zero-order valence-corrected chi connectivity index (χ0v) is 11.4. The van der Waals surface area contributed by atoms with Gasteiger partial charge in [0.15, 0.2) is 0 Å². The van der Waals surface area contributed by atoms with Crippen LogP contribution in [0.5, 0.6) is 0 Å². The Balaban J connectivity index is 2.54. The van der Waals surface area contributed by atoms with E-state index < -0.39 is 8.07 Å². The van der Waals surface area contributed by atoms with Crippen LogP contribution in [0.4, 0.5) is 0 Å². The van der Waals surface area contributed by atoms with Crippen molar-refractivity contribution in [2.45, 2.75) is 51.4 Å². The lowest BCUT2D eigenvalue weighted by atomic mass is 10.2. The fraction of sp³-hybridized carbons (Fsp3) is 0.571. The molecule has 0 nitrogen and oxygen atoms in total. The average molecular weight is 220 g/mol. The maximum absolute atomic E-state index is 2.39. The molecule has 1 aromatic carbocycles. The number of benzene rings is 1. The standard InChI is InChI=1S/C14H24Si/c1-4-15(5-2,6-3)13-12-14-10-8-7-9-11-14/h7-11H,4-6,12-13H2,1-3H3. The van der Waals surface area contributed by atoms with Gasteiger partial charge >= 0.3 is 0 Å². The lowest BCUT2D eigenvalue weighted by Crippen LogP contribution is -2.31. The first-order valence-corrected chi connectivity index (χ1v) is 9.13. The molecule has 0 aliphatic heterocycles. The van der Waals surface area contributed by atoms with Crippen molar-refractivity contribution in [2.24, 2.45) is 0 Å². The Morgan fingerprint density at radius 3 is 1.87 bits per heavy atom. The highest BCUT2D eigenvalue weighted by atomic mass is 28.3. The van der Waals surface area contributed by atoms with Gasteiger partial charge in [0.05, 0.1) is 8.07 Å². The van der Waals surface area contributed by atoms with E-state index in [-0.39, 0.29) is 0 Å². The summed E-state index contributed by atoms with van der Waals surface area (Å²) in [6.07, 6.45) is 1.29. The van der Waals surface area contributed by atoms with Gasteiger partial charge in [0.2, 0.25) is 0 Å². The molecule has 0 bridgehead atoms. The molecule has 84 valence electrons. The molecule has 1 rings (SSSR count). The van der Waals surface area contributed by atoms with Gasteiger partial charge in [-0.15, -0.1) is 0 Å². The van der Waals surface area contributed by atoms with Crippen LogP contribution in [0.2, 0.25) is 24.2 Å². The van der Waals surface area contributed by atoms with Gasteiger partial charge in [-0.25, -0.2) is 0 Å². The molecule has 1 heteroatoms. The molecule has 0 amide bonds. The van der Waals surface area contributed by atoms with Crippen LogP contribution in [0, 0.1) is 0 Å². The third kappa shape index (κ3) is 3.49. The van der Waals surface area contributed by atoms with Gasteiger partial charge in [0.25, 0.3) is 0 Å². The average Bonchev–Trinajstić information content (AvgIpc) is 2.33. The van der Waals surface area contributed by atoms with Gasteiger partial charge in [-0.2, -0.15) is 0 Å². The highest BCUT2D eigenvalue weighted by molar-refractivity contribution is 6.79. The molecule has 0 fully saturated rings. The molecular formula is C14H24Si. The molecule has 0 spiro atoms. The maximum Gasteiger partial charge on any atom is 0.0530 e. The molecule has 0 radical (unpaired) electrons. The summed E-state index contributed by atoms with van der Waals surface area (Å²) in [5.41, 5.74) is 1.52. The van der Waals surface area contributed by atoms with Gasteiger partial charge in [-0.05, 0) is 12.0 Å². The molecule has 15 heavy (non-hydrogen) atoms. The number of aryl methyl sites for hydroxylation is 1. The Labute approximate surface area is 95.7 Å². The molecule has 0 aliphatic carbocycles. The smallest absolute Gasteiger partial charge is 0.0530 e. The highest BCUT2D eigenvalue weighted by Crippen LogP contribution is 2.26. The van der Waals surface area contributed by atoms with Gasteiger partial charge in [-0.3, -0.25) is 0 Å². The third-order valence-corrected chi connectivity index (χ3v) is 9.85. The van der Waals surface area contributed by atoms with Crippen molar-refractivity contribution >= 4 is 8.07 Å². The number of hydrogen-bond donors (Lipinski definition) is 0. The quantitative estimate of drug-likeness (QED) is 0.608. The Hall–Kier alpha value is -0.563. The lowest BCUT2D eigenvalue weighted by molar-refractivity contribution is 1.02. The molecule has 0 N–H and O–H groups in total. The summed E-state index contributed by atoms with van der Waals surface area (Å²) in [6.45, 7) is 7.18. The Kier molecular flexibility index (Phi) is 5.10. The second-order valence-corrected chi connectivity index (χ2v) is 10.2. The fourth-order valence-electron chi connectivity index (χ4n) is 2.33. The van der Waals surface area contributed by atoms with E-state index in [1.165, 1.54) is 36.2 Å². The van der Waals surface area contributed by atoms with E-state index in [2.05, 4.69) is 51.1 Å². The van der Waals surface area contributed by atoms with Crippen molar-refractivity contribution in [3.63, 3.8) is 0 Å². The maximum atomic E-state index is 2.39. The molecule has 0 saturated heterocycles. The van der Waals surface area contributed by atoms with Crippen LogP contribution >= 0.6 is 0 Å². The predicted molar refractivity (Wildman–Crippen MR) is 72.2 cm³/mol. The largest absolute Gasteiger partial charge is 0.0678 e. The van der Waals surface area contributed by atoms with Crippen molar-refractivity contribution in [1.82, 2.24) is 0 Å². The van der Waals surface area contributed by atoms with E-state index in [1.807, 2.05) is 0 Å². The van der Waals surface area contributed by atoms with Crippen molar-refractivity contribution in [2.75, 3.05) is 0 Å². The Bertz CT molecular complexity index is 254. The van der Waals surface area contributed by atoms with Crippen molar-refractivity contribution < 1.29 is 0 Å². The molecule has 0 saturated carbocycles. The summed E-state index contributed by atoms with van der Waals surface area (Å²) in [5.74, 6) is 0. The van der Waals surface area contributed by atoms with Crippen molar-refractivity contribution in [3.8, 4) is 0 Å². The first-order chi connectivity index (χ1) is 7.26. The van der Waals surface area contributed by atoms with Crippen LogP contribution in [0.3, 0.4) is 0 Å². The van der Waals surface area contributed by atoms with E-state index in [9.17, 15) is 0 Å².